The van der Waals surface area contributed by atoms with Crippen molar-refractivity contribution in [3.8, 4) is 0 Å². The van der Waals surface area contributed by atoms with Crippen LogP contribution in [-0.4, -0.2) is 43.6 Å². The molecule has 6 heteroatoms. The molecule has 1 saturated heterocycles. The summed E-state index contributed by atoms with van der Waals surface area (Å²) >= 11 is 0. The normalized spacial score (nSPS) is 26.9. The molecular formula is C9H15NO4S. The molecule has 0 bridgehead atoms. The molecule has 0 amide bonds. The minimum Gasteiger partial charge on any atom is -0.463 e. The summed E-state index contributed by atoms with van der Waals surface area (Å²) in [5.41, 5.74) is -0.883. The third-order valence-electron chi connectivity index (χ3n) is 3.22. The number of morpholine rings is 1. The third-order valence-corrected chi connectivity index (χ3v) is 4.55. The van der Waals surface area contributed by atoms with Crippen LogP contribution in [0.2, 0.25) is 0 Å². The molecule has 0 aromatic heterocycles. The maximum absolute atomic E-state index is 11.7. The van der Waals surface area contributed by atoms with E-state index in [4.69, 9.17) is 4.74 Å². The number of carbonyl (C=O) groups is 1. The Bertz CT molecular complexity index is 370. The summed E-state index contributed by atoms with van der Waals surface area (Å²) in [6, 6.07) is 0. The molecule has 0 radical (unpaired) electrons. The van der Waals surface area contributed by atoms with Crippen molar-refractivity contribution in [2.45, 2.75) is 31.2 Å². The Morgan fingerprint density at radius 2 is 1.93 bits per heavy atom. The first-order valence-electron chi connectivity index (χ1n) is 5.12. The van der Waals surface area contributed by atoms with Crippen LogP contribution in [0, 0.1) is 0 Å². The van der Waals surface area contributed by atoms with Crippen LogP contribution in [0.3, 0.4) is 0 Å². The van der Waals surface area contributed by atoms with Crippen LogP contribution in [0.1, 0.15) is 25.7 Å². The second kappa shape index (κ2) is 3.45. The van der Waals surface area contributed by atoms with E-state index in [0.717, 1.165) is 19.1 Å². The molecule has 1 saturated carbocycles. The molecule has 1 heterocycles. The van der Waals surface area contributed by atoms with Gasteiger partial charge in [-0.3, -0.25) is 4.79 Å². The van der Waals surface area contributed by atoms with Gasteiger partial charge < -0.3 is 4.74 Å². The van der Waals surface area contributed by atoms with E-state index >= 15 is 0 Å². The van der Waals surface area contributed by atoms with Gasteiger partial charge in [0.15, 0.2) is 0 Å². The first-order chi connectivity index (χ1) is 6.97. The fraction of sp³-hybridized carbons (Fsp3) is 0.889. The highest BCUT2D eigenvalue weighted by Crippen LogP contribution is 2.39. The Labute approximate surface area is 89.4 Å². The average Bonchev–Trinajstić information content (AvgIpc) is 2.58. The van der Waals surface area contributed by atoms with Gasteiger partial charge in [-0.05, 0) is 12.8 Å². The maximum Gasteiger partial charge on any atom is 0.327 e. The molecule has 0 atom stereocenters. The van der Waals surface area contributed by atoms with E-state index < -0.39 is 15.6 Å². The van der Waals surface area contributed by atoms with Crippen molar-refractivity contribution in [1.82, 2.24) is 4.31 Å². The quantitative estimate of drug-likeness (QED) is 0.603. The molecule has 86 valence electrons. The minimum absolute atomic E-state index is 0.174. The molecule has 1 aliphatic heterocycles. The lowest BCUT2D eigenvalue weighted by atomic mass is 9.97. The van der Waals surface area contributed by atoms with Crippen LogP contribution in [0.5, 0.6) is 0 Å². The van der Waals surface area contributed by atoms with Gasteiger partial charge in [0.2, 0.25) is 10.0 Å². The molecule has 2 aliphatic rings. The highest BCUT2D eigenvalue weighted by Gasteiger charge is 2.53. The van der Waals surface area contributed by atoms with E-state index in [0.29, 0.717) is 19.4 Å². The van der Waals surface area contributed by atoms with Crippen molar-refractivity contribution < 1.29 is 17.9 Å². The first-order valence-corrected chi connectivity index (χ1v) is 6.97. The number of carbonyl (C=O) groups excluding carboxylic acids is 1. The molecule has 2 fully saturated rings. The Hall–Kier alpha value is -0.620. The Balaban J connectivity index is 2.39. The number of ether oxygens (including phenoxy) is 1. The molecular weight excluding hydrogens is 218 g/mol. The van der Waals surface area contributed by atoms with Crippen molar-refractivity contribution in [3.63, 3.8) is 0 Å². The summed E-state index contributed by atoms with van der Waals surface area (Å²) in [4.78, 5) is 11.7. The van der Waals surface area contributed by atoms with Crippen LogP contribution in [0.25, 0.3) is 0 Å². The van der Waals surface area contributed by atoms with E-state index in [-0.39, 0.29) is 12.6 Å². The van der Waals surface area contributed by atoms with Crippen LogP contribution >= 0.6 is 0 Å². The van der Waals surface area contributed by atoms with E-state index in [1.165, 1.54) is 4.31 Å². The zero-order valence-electron chi connectivity index (χ0n) is 8.73. The van der Waals surface area contributed by atoms with Gasteiger partial charge >= 0.3 is 5.97 Å². The van der Waals surface area contributed by atoms with Crippen LogP contribution in [-0.2, 0) is 19.6 Å². The summed E-state index contributed by atoms with van der Waals surface area (Å²) in [6.45, 7) is 0.470. The number of rotatable bonds is 1. The lowest BCUT2D eigenvalue weighted by Crippen LogP contribution is -2.60. The summed E-state index contributed by atoms with van der Waals surface area (Å²) < 4.78 is 29.6. The van der Waals surface area contributed by atoms with Gasteiger partial charge in [-0.25, -0.2) is 8.42 Å². The van der Waals surface area contributed by atoms with E-state index in [2.05, 4.69) is 0 Å². The molecule has 15 heavy (non-hydrogen) atoms. The second-order valence-corrected chi connectivity index (χ2v) is 6.12. The van der Waals surface area contributed by atoms with Crippen LogP contribution < -0.4 is 0 Å². The van der Waals surface area contributed by atoms with Crippen molar-refractivity contribution in [2.24, 2.45) is 0 Å². The van der Waals surface area contributed by atoms with E-state index in [1.807, 2.05) is 0 Å². The third kappa shape index (κ3) is 1.65. The molecule has 2 rings (SSSR count). The molecule has 1 spiro atoms. The number of nitrogens with zero attached hydrogens (tertiary/aromatic N) is 1. The Kier molecular flexibility index (Phi) is 2.50. The molecule has 0 unspecified atom stereocenters. The molecule has 5 nitrogen and oxygen atoms in total. The number of hydrogen-bond acceptors (Lipinski definition) is 4. The fourth-order valence-corrected chi connectivity index (χ4v) is 3.87. The van der Waals surface area contributed by atoms with Crippen molar-refractivity contribution in [2.75, 3.05) is 19.4 Å². The topological polar surface area (TPSA) is 63.7 Å². The molecule has 0 aromatic carbocycles. The summed E-state index contributed by atoms with van der Waals surface area (Å²) in [5.74, 6) is -0.364. The second-order valence-electron chi connectivity index (χ2n) is 4.21. The van der Waals surface area contributed by atoms with Crippen molar-refractivity contribution in [3.05, 3.63) is 0 Å². The Morgan fingerprint density at radius 1 is 1.33 bits per heavy atom. The predicted octanol–water partition coefficient (Wildman–Crippen LogP) is 0.118. The number of hydrogen-bond donors (Lipinski definition) is 0. The summed E-state index contributed by atoms with van der Waals surface area (Å²) in [5, 5.41) is 0. The number of esters is 1. The van der Waals surface area contributed by atoms with E-state index in [9.17, 15) is 13.2 Å². The van der Waals surface area contributed by atoms with Gasteiger partial charge in [-0.2, -0.15) is 4.31 Å². The van der Waals surface area contributed by atoms with E-state index in [1.54, 1.807) is 0 Å². The monoisotopic (exact) mass is 233 g/mol. The number of cyclic esters (lactones) is 1. The van der Waals surface area contributed by atoms with Crippen molar-refractivity contribution >= 4 is 16.0 Å². The summed E-state index contributed by atoms with van der Waals surface area (Å²) in [7, 11) is -3.32. The molecule has 0 aromatic rings. The minimum atomic E-state index is -3.32. The highest BCUT2D eigenvalue weighted by molar-refractivity contribution is 7.88. The zero-order valence-corrected chi connectivity index (χ0v) is 9.55. The van der Waals surface area contributed by atoms with Gasteiger partial charge in [0.05, 0.1) is 6.26 Å². The largest absolute Gasteiger partial charge is 0.463 e. The molecule has 1 aliphatic carbocycles. The van der Waals surface area contributed by atoms with Gasteiger partial charge in [-0.1, -0.05) is 12.8 Å². The average molecular weight is 233 g/mol. The lowest BCUT2D eigenvalue weighted by molar-refractivity contribution is -0.162. The maximum atomic E-state index is 11.7. The lowest BCUT2D eigenvalue weighted by Gasteiger charge is -2.40. The highest BCUT2D eigenvalue weighted by atomic mass is 32.2. The smallest absolute Gasteiger partial charge is 0.327 e. The SMILES string of the molecule is CS(=O)(=O)N1CCOC(=O)C12CCCC2. The van der Waals surface area contributed by atoms with Gasteiger partial charge in [0, 0.05) is 6.54 Å². The van der Waals surface area contributed by atoms with Crippen molar-refractivity contribution in [1.29, 1.82) is 0 Å². The van der Waals surface area contributed by atoms with Gasteiger partial charge in [-0.15, -0.1) is 0 Å². The van der Waals surface area contributed by atoms with Crippen LogP contribution in [0.4, 0.5) is 0 Å². The van der Waals surface area contributed by atoms with Gasteiger partial charge in [0.25, 0.3) is 0 Å². The molecule has 0 N–H and O–H groups in total. The predicted molar refractivity (Wildman–Crippen MR) is 53.7 cm³/mol. The van der Waals surface area contributed by atoms with Gasteiger partial charge in [0.1, 0.15) is 12.1 Å². The number of sulfonamides is 1. The fourth-order valence-electron chi connectivity index (χ4n) is 2.57. The van der Waals surface area contributed by atoms with Crippen LogP contribution in [0.15, 0.2) is 0 Å². The Morgan fingerprint density at radius 3 is 2.47 bits per heavy atom. The zero-order chi connectivity index (χ0) is 11.1. The standard InChI is InChI=1S/C9H15NO4S/c1-15(12,13)10-6-7-14-8(11)9(10)4-2-3-5-9/h2-7H2,1H3. The first kappa shape index (κ1) is 10.9. The summed E-state index contributed by atoms with van der Waals surface area (Å²) in [6.07, 6.45) is 4.13.